The highest BCUT2D eigenvalue weighted by molar-refractivity contribution is 5.92. The predicted molar refractivity (Wildman–Crippen MR) is 75.3 cm³/mol. The summed E-state index contributed by atoms with van der Waals surface area (Å²) in [5, 5.41) is 0. The Hall–Kier alpha value is -1.46. The molecule has 1 aliphatic heterocycles. The van der Waals surface area contributed by atoms with E-state index in [0.29, 0.717) is 11.6 Å². The number of hydrogen-bond acceptors (Lipinski definition) is 4. The van der Waals surface area contributed by atoms with Crippen molar-refractivity contribution in [1.82, 2.24) is 9.88 Å². The van der Waals surface area contributed by atoms with Gasteiger partial charge in [-0.25, -0.2) is 0 Å². The van der Waals surface area contributed by atoms with Gasteiger partial charge >= 0.3 is 0 Å². The molecule has 2 aliphatic rings. The molecular weight excluding hydrogens is 254 g/mol. The molecule has 1 saturated heterocycles. The third-order valence-corrected chi connectivity index (χ3v) is 4.34. The second-order valence-corrected chi connectivity index (χ2v) is 5.63. The highest BCUT2D eigenvalue weighted by Crippen LogP contribution is 2.28. The molecule has 5 heteroatoms. The largest absolute Gasteiger partial charge is 0.369 e. The molecular formula is C15H21N3O2. The number of aromatic nitrogens is 1. The number of nitrogens with zero attached hydrogens (tertiary/aromatic N) is 2. The first kappa shape index (κ1) is 13.5. The fourth-order valence-electron chi connectivity index (χ4n) is 3.19. The Kier molecular flexibility index (Phi) is 3.98. The van der Waals surface area contributed by atoms with Crippen molar-refractivity contribution in [2.75, 3.05) is 19.7 Å². The Labute approximate surface area is 119 Å². The summed E-state index contributed by atoms with van der Waals surface area (Å²) < 4.78 is 5.83. The Balaban J connectivity index is 1.68. The van der Waals surface area contributed by atoms with Gasteiger partial charge in [-0.1, -0.05) is 12.8 Å². The number of nitrogens with two attached hydrogens (primary N) is 1. The smallest absolute Gasteiger partial charge is 0.250 e. The van der Waals surface area contributed by atoms with Crippen molar-refractivity contribution < 1.29 is 9.53 Å². The van der Waals surface area contributed by atoms with Gasteiger partial charge in [-0.2, -0.15) is 0 Å². The van der Waals surface area contributed by atoms with Crippen LogP contribution in [-0.4, -0.2) is 41.5 Å². The number of morpholine rings is 1. The summed E-state index contributed by atoms with van der Waals surface area (Å²) in [5.74, 6) is -0.443. The minimum Gasteiger partial charge on any atom is -0.369 e. The van der Waals surface area contributed by atoms with E-state index in [1.165, 1.54) is 31.9 Å². The highest BCUT2D eigenvalue weighted by atomic mass is 16.5. The summed E-state index contributed by atoms with van der Waals surface area (Å²) in [6, 6.07) is 4.29. The number of pyridine rings is 1. The van der Waals surface area contributed by atoms with Crippen LogP contribution >= 0.6 is 0 Å². The zero-order chi connectivity index (χ0) is 13.9. The van der Waals surface area contributed by atoms with E-state index < -0.39 is 5.91 Å². The average Bonchev–Trinajstić information content (AvgIpc) is 3.02. The summed E-state index contributed by atoms with van der Waals surface area (Å²) >= 11 is 0. The van der Waals surface area contributed by atoms with Crippen molar-refractivity contribution in [3.05, 3.63) is 29.6 Å². The zero-order valence-corrected chi connectivity index (χ0v) is 11.6. The van der Waals surface area contributed by atoms with Crippen LogP contribution in [0.1, 0.15) is 47.8 Å². The molecule has 2 heterocycles. The molecule has 2 fully saturated rings. The lowest BCUT2D eigenvalue weighted by molar-refractivity contribution is -0.0459. The Morgan fingerprint density at radius 3 is 2.80 bits per heavy atom. The van der Waals surface area contributed by atoms with Crippen LogP contribution in [0.15, 0.2) is 18.3 Å². The summed E-state index contributed by atoms with van der Waals surface area (Å²) in [4.78, 5) is 17.9. The van der Waals surface area contributed by atoms with E-state index in [4.69, 9.17) is 10.5 Å². The molecule has 0 radical (unpaired) electrons. The van der Waals surface area contributed by atoms with Gasteiger partial charge < -0.3 is 10.5 Å². The SMILES string of the molecule is NC(=O)c1ccc([C@@H]2CN(C3CCCC3)CCO2)nc1. The molecule has 0 unspecified atom stereocenters. The molecule has 108 valence electrons. The molecule has 1 aromatic heterocycles. The Bertz CT molecular complexity index is 469. The van der Waals surface area contributed by atoms with Crippen LogP contribution in [0.2, 0.25) is 0 Å². The van der Waals surface area contributed by atoms with Crippen LogP contribution in [0.5, 0.6) is 0 Å². The number of amides is 1. The molecule has 0 bridgehead atoms. The number of carbonyl (C=O) groups excluding carboxylic acids is 1. The highest BCUT2D eigenvalue weighted by Gasteiger charge is 2.29. The summed E-state index contributed by atoms with van der Waals surface area (Å²) in [6.07, 6.45) is 6.85. The zero-order valence-electron chi connectivity index (χ0n) is 11.6. The van der Waals surface area contributed by atoms with Gasteiger partial charge in [0.15, 0.2) is 0 Å². The Morgan fingerprint density at radius 1 is 1.35 bits per heavy atom. The molecule has 5 nitrogen and oxygen atoms in total. The first-order chi connectivity index (χ1) is 9.74. The van der Waals surface area contributed by atoms with E-state index in [0.717, 1.165) is 25.4 Å². The van der Waals surface area contributed by atoms with Crippen LogP contribution in [0.4, 0.5) is 0 Å². The molecule has 2 N–H and O–H groups in total. The normalized spacial score (nSPS) is 24.9. The number of hydrogen-bond donors (Lipinski definition) is 1. The second kappa shape index (κ2) is 5.89. The van der Waals surface area contributed by atoms with Gasteiger partial charge in [0.25, 0.3) is 0 Å². The van der Waals surface area contributed by atoms with Crippen molar-refractivity contribution in [1.29, 1.82) is 0 Å². The maximum absolute atomic E-state index is 11.1. The molecule has 1 atom stereocenters. The summed E-state index contributed by atoms with van der Waals surface area (Å²) in [6.45, 7) is 2.66. The first-order valence-electron chi connectivity index (χ1n) is 7.35. The van der Waals surface area contributed by atoms with Gasteiger partial charge in [-0.15, -0.1) is 0 Å². The molecule has 1 aromatic rings. The van der Waals surface area contributed by atoms with E-state index in [9.17, 15) is 4.79 Å². The third kappa shape index (κ3) is 2.83. The number of rotatable bonds is 3. The quantitative estimate of drug-likeness (QED) is 0.907. The van der Waals surface area contributed by atoms with Crippen LogP contribution < -0.4 is 5.73 Å². The van der Waals surface area contributed by atoms with Gasteiger partial charge in [0.2, 0.25) is 5.91 Å². The van der Waals surface area contributed by atoms with E-state index in [2.05, 4.69) is 9.88 Å². The summed E-state index contributed by atoms with van der Waals surface area (Å²) in [7, 11) is 0. The lowest BCUT2D eigenvalue weighted by Crippen LogP contribution is -2.43. The van der Waals surface area contributed by atoms with Crippen molar-refractivity contribution in [2.24, 2.45) is 5.73 Å². The van der Waals surface area contributed by atoms with E-state index in [1.807, 2.05) is 6.07 Å². The van der Waals surface area contributed by atoms with Gasteiger partial charge in [0.1, 0.15) is 6.10 Å². The van der Waals surface area contributed by atoms with Gasteiger partial charge in [0.05, 0.1) is 17.9 Å². The molecule has 3 rings (SSSR count). The van der Waals surface area contributed by atoms with E-state index in [1.54, 1.807) is 6.07 Å². The molecule has 1 saturated carbocycles. The van der Waals surface area contributed by atoms with Gasteiger partial charge in [-0.05, 0) is 25.0 Å². The van der Waals surface area contributed by atoms with Gasteiger partial charge in [0, 0.05) is 25.3 Å². The molecule has 0 spiro atoms. The maximum atomic E-state index is 11.1. The van der Waals surface area contributed by atoms with Crippen molar-refractivity contribution >= 4 is 5.91 Å². The fraction of sp³-hybridized carbons (Fsp3) is 0.600. The van der Waals surface area contributed by atoms with Gasteiger partial charge in [-0.3, -0.25) is 14.7 Å². The van der Waals surface area contributed by atoms with Crippen LogP contribution in [0.25, 0.3) is 0 Å². The van der Waals surface area contributed by atoms with E-state index >= 15 is 0 Å². The standard InChI is InChI=1S/C15H21N3O2/c16-15(19)11-5-6-13(17-9-11)14-10-18(7-8-20-14)12-3-1-2-4-12/h5-6,9,12,14H,1-4,7-8,10H2,(H2,16,19)/t14-/m0/s1. The lowest BCUT2D eigenvalue weighted by atomic mass is 10.1. The van der Waals surface area contributed by atoms with E-state index in [-0.39, 0.29) is 6.10 Å². The van der Waals surface area contributed by atoms with Crippen LogP contribution in [0.3, 0.4) is 0 Å². The molecule has 0 aromatic carbocycles. The average molecular weight is 275 g/mol. The Morgan fingerprint density at radius 2 is 2.15 bits per heavy atom. The van der Waals surface area contributed by atoms with Crippen molar-refractivity contribution in [3.8, 4) is 0 Å². The van der Waals surface area contributed by atoms with Crippen molar-refractivity contribution in [2.45, 2.75) is 37.8 Å². The fourth-order valence-corrected chi connectivity index (χ4v) is 3.19. The minimum absolute atomic E-state index is 0.00581. The lowest BCUT2D eigenvalue weighted by Gasteiger charge is -2.36. The van der Waals surface area contributed by atoms with Crippen LogP contribution in [-0.2, 0) is 4.74 Å². The predicted octanol–water partition coefficient (Wildman–Crippen LogP) is 1.50. The second-order valence-electron chi connectivity index (χ2n) is 5.63. The minimum atomic E-state index is -0.443. The third-order valence-electron chi connectivity index (χ3n) is 4.34. The maximum Gasteiger partial charge on any atom is 0.250 e. The number of ether oxygens (including phenoxy) is 1. The summed E-state index contributed by atoms with van der Waals surface area (Å²) in [5.41, 5.74) is 6.56. The van der Waals surface area contributed by atoms with Crippen LogP contribution in [0, 0.1) is 0 Å². The molecule has 1 aliphatic carbocycles. The van der Waals surface area contributed by atoms with Crippen molar-refractivity contribution in [3.63, 3.8) is 0 Å². The monoisotopic (exact) mass is 275 g/mol. The molecule has 1 amide bonds. The number of carbonyl (C=O) groups is 1. The number of primary amides is 1. The topological polar surface area (TPSA) is 68.5 Å². The molecule has 20 heavy (non-hydrogen) atoms. The first-order valence-corrected chi connectivity index (χ1v) is 7.35.